The van der Waals surface area contributed by atoms with E-state index in [4.69, 9.17) is 57.7 Å². The number of rotatable bonds is 14. The number of carbonyl (C=O) groups is 3. The molecule has 3 amide bonds. The molecule has 15 aliphatic rings. The molecule has 18 nitrogen and oxygen atoms in total. The lowest BCUT2D eigenvalue weighted by Gasteiger charge is -2.60. The fourth-order valence-corrected chi connectivity index (χ4v) is 17.9. The molecular formula is C57H89N3O15. The van der Waals surface area contributed by atoms with Gasteiger partial charge >= 0.3 is 0 Å². The normalized spacial score (nSPS) is 52.4. The zero-order valence-corrected chi connectivity index (χ0v) is 46.2. The van der Waals surface area contributed by atoms with Crippen molar-refractivity contribution < 1.29 is 72.1 Å². The van der Waals surface area contributed by atoms with E-state index in [9.17, 15) is 14.4 Å². The van der Waals surface area contributed by atoms with Crippen molar-refractivity contribution in [2.75, 3.05) is 13.1 Å². The molecule has 3 spiro atoms. The summed E-state index contributed by atoms with van der Waals surface area (Å²) in [6.45, 7) is 20.0. The first-order valence-electron chi connectivity index (χ1n) is 29.7. The molecule has 3 aliphatic carbocycles. The standard InChI is InChI=1S/C57H89N3O15/c1-30-10-13-39-33(4)43(64-49-55(39)36(30)20-25-52(7,67-49)70-73-55)17-19-47(62)60-42(48(63)59-29-24-45-35(6)41-15-12-32(3)38-22-27-54(9)69-51(66-45)57(38,41)75-72-54)16-18-46(61)58-28-23-44-34(5)40-14-11-31(2)37-21-26-53(8)68-50(65-44)56(37,40)74-71-53/h30-45,49-51H,10-29H2,1-9H3,(H,58,61)(H,59,63)(H,60,62)/t30-,31-,32-,33-,34-,35-,36+,37+,38+,39+,40+,41+,42+,43-,44-,45-,49-,50-,51-,52?,53?,54?,55-,56-,57-/m1/s1. The van der Waals surface area contributed by atoms with Crippen molar-refractivity contribution in [3.8, 4) is 0 Å². The van der Waals surface area contributed by atoms with Gasteiger partial charge < -0.3 is 44.4 Å². The second-order valence-corrected chi connectivity index (χ2v) is 26.7. The first-order valence-corrected chi connectivity index (χ1v) is 29.7. The summed E-state index contributed by atoms with van der Waals surface area (Å²) in [5.74, 6) is -0.421. The topological polar surface area (TPSA) is 198 Å². The molecule has 12 saturated heterocycles. The number of fused-ring (bicyclic) bond motifs is 6. The number of carbonyl (C=O) groups excluding carboxylic acids is 3. The molecule has 18 heteroatoms. The van der Waals surface area contributed by atoms with Crippen molar-refractivity contribution in [1.82, 2.24) is 16.0 Å². The van der Waals surface area contributed by atoms with E-state index in [0.717, 1.165) is 77.0 Å². The van der Waals surface area contributed by atoms with E-state index in [2.05, 4.69) is 57.5 Å². The van der Waals surface area contributed by atoms with Gasteiger partial charge in [0.25, 0.3) is 0 Å². The van der Waals surface area contributed by atoms with Crippen LogP contribution in [0.2, 0.25) is 0 Å². The average molecular weight is 1060 g/mol. The lowest BCUT2D eigenvalue weighted by atomic mass is 9.57. The van der Waals surface area contributed by atoms with Gasteiger partial charge in [-0.25, -0.2) is 29.3 Å². The Morgan fingerprint density at radius 2 is 0.840 bits per heavy atom. The largest absolute Gasteiger partial charge is 0.356 e. The minimum absolute atomic E-state index is 0.0397. The third-order valence-electron chi connectivity index (χ3n) is 22.3. The summed E-state index contributed by atoms with van der Waals surface area (Å²) in [7, 11) is 0. The fraction of sp³-hybridized carbons (Fsp3) is 0.947. The van der Waals surface area contributed by atoms with Crippen LogP contribution >= 0.6 is 0 Å². The Labute approximate surface area is 443 Å². The minimum Gasteiger partial charge on any atom is -0.356 e. The lowest BCUT2D eigenvalue weighted by Crippen LogP contribution is -2.70. The maximum absolute atomic E-state index is 14.3. The van der Waals surface area contributed by atoms with Crippen LogP contribution in [0.15, 0.2) is 0 Å². The van der Waals surface area contributed by atoms with Gasteiger partial charge in [-0.3, -0.25) is 14.4 Å². The smallest absolute Gasteiger partial charge is 0.242 e. The SMILES string of the molecule is C[C@H]1[C@@H](CCNC(=O)CC[C@H](NC(=O)CC[C@H]2O[C@@H]3OC4(C)CC[C@H]5[C@H](C)CC[C@@H]([C@H]2C)[C@@]35OO4)C(=O)NCC[C@H]2O[C@@H]3OC4(C)CC[C@H]5[C@H](C)CC[C@@H]([C@H]2C)[C@@]35OO4)O[C@@H]2OC3(C)CC[C@H]4[C@H](C)CC[C@@H]1[C@@]24OO3. The third kappa shape index (κ3) is 8.89. The molecule has 0 radical (unpaired) electrons. The van der Waals surface area contributed by atoms with Crippen molar-refractivity contribution >= 4 is 17.7 Å². The minimum atomic E-state index is -0.950. The van der Waals surface area contributed by atoms with Gasteiger partial charge in [-0.2, -0.15) is 0 Å². The highest BCUT2D eigenvalue weighted by Crippen LogP contribution is 2.64. The van der Waals surface area contributed by atoms with Crippen LogP contribution in [-0.2, 0) is 72.1 Å². The summed E-state index contributed by atoms with van der Waals surface area (Å²) < 4.78 is 40.2. The van der Waals surface area contributed by atoms with Gasteiger partial charge in [-0.05, 0) is 158 Å². The van der Waals surface area contributed by atoms with Gasteiger partial charge in [-0.15, -0.1) is 0 Å². The Morgan fingerprint density at radius 3 is 1.25 bits per heavy atom. The molecule has 15 rings (SSSR count). The van der Waals surface area contributed by atoms with Gasteiger partial charge in [0.15, 0.2) is 35.7 Å². The molecule has 3 unspecified atom stereocenters. The van der Waals surface area contributed by atoms with Crippen LogP contribution in [0, 0.1) is 71.0 Å². The summed E-state index contributed by atoms with van der Waals surface area (Å²) >= 11 is 0. The second kappa shape index (κ2) is 19.9. The fourth-order valence-electron chi connectivity index (χ4n) is 17.9. The highest BCUT2D eigenvalue weighted by Gasteiger charge is 2.72. The van der Waals surface area contributed by atoms with E-state index >= 15 is 0 Å². The number of amides is 3. The Kier molecular flexibility index (Phi) is 14.2. The molecule has 75 heavy (non-hydrogen) atoms. The molecule has 0 aromatic rings. The van der Waals surface area contributed by atoms with E-state index in [1.54, 1.807) is 0 Å². The van der Waals surface area contributed by atoms with Crippen LogP contribution < -0.4 is 16.0 Å². The predicted molar refractivity (Wildman–Crippen MR) is 266 cm³/mol. The molecule has 12 aliphatic heterocycles. The number of nitrogens with one attached hydrogen (secondary N) is 3. The van der Waals surface area contributed by atoms with Crippen LogP contribution in [0.3, 0.4) is 0 Å². The monoisotopic (exact) mass is 1060 g/mol. The number of hydrogen-bond acceptors (Lipinski definition) is 15. The first kappa shape index (κ1) is 53.6. The van der Waals surface area contributed by atoms with Gasteiger partial charge in [0, 0.05) is 62.9 Å². The summed E-state index contributed by atoms with van der Waals surface area (Å²) in [4.78, 5) is 79.3. The van der Waals surface area contributed by atoms with Crippen LogP contribution in [-0.4, -0.2) is 108 Å². The van der Waals surface area contributed by atoms with Crippen LogP contribution in [0.25, 0.3) is 0 Å². The third-order valence-corrected chi connectivity index (χ3v) is 22.3. The average Bonchev–Trinajstić information content (AvgIpc) is 3.86. The van der Waals surface area contributed by atoms with E-state index in [0.29, 0.717) is 50.1 Å². The van der Waals surface area contributed by atoms with Crippen LogP contribution in [0.5, 0.6) is 0 Å². The predicted octanol–water partition coefficient (Wildman–Crippen LogP) is 7.80. The van der Waals surface area contributed by atoms with Crippen molar-refractivity contribution in [2.45, 2.75) is 255 Å². The van der Waals surface area contributed by atoms with Crippen LogP contribution in [0.1, 0.15) is 178 Å². The van der Waals surface area contributed by atoms with Gasteiger partial charge in [0.05, 0.1) is 18.3 Å². The first-order chi connectivity index (χ1) is 35.8. The van der Waals surface area contributed by atoms with E-state index in [1.807, 2.05) is 20.8 Å². The maximum atomic E-state index is 14.3. The summed E-state index contributed by atoms with van der Waals surface area (Å²) in [6.07, 6.45) is 10.9. The quantitative estimate of drug-likeness (QED) is 0.142. The van der Waals surface area contributed by atoms with E-state index < -0.39 is 59.1 Å². The van der Waals surface area contributed by atoms with Crippen molar-refractivity contribution in [1.29, 1.82) is 0 Å². The molecular weight excluding hydrogens is 967 g/mol. The maximum Gasteiger partial charge on any atom is 0.242 e. The molecule has 25 atom stereocenters. The zero-order valence-electron chi connectivity index (χ0n) is 46.2. The van der Waals surface area contributed by atoms with Crippen molar-refractivity contribution in [3.63, 3.8) is 0 Å². The van der Waals surface area contributed by atoms with E-state index in [-0.39, 0.29) is 109 Å². The highest BCUT2D eigenvalue weighted by molar-refractivity contribution is 5.88. The Morgan fingerprint density at radius 1 is 0.453 bits per heavy atom. The molecule has 15 fully saturated rings. The molecule has 6 bridgehead atoms. The highest BCUT2D eigenvalue weighted by atomic mass is 17.3. The van der Waals surface area contributed by atoms with Gasteiger partial charge in [-0.1, -0.05) is 41.5 Å². The van der Waals surface area contributed by atoms with Crippen molar-refractivity contribution in [2.24, 2.45) is 71.0 Å². The Bertz CT molecular complexity index is 2160. The summed E-state index contributed by atoms with van der Waals surface area (Å²) in [5.41, 5.74) is -2.00. The summed E-state index contributed by atoms with van der Waals surface area (Å²) in [6, 6.07) is -0.950. The molecule has 422 valence electrons. The molecule has 0 aromatic heterocycles. The molecule has 3 saturated carbocycles. The van der Waals surface area contributed by atoms with Crippen molar-refractivity contribution in [3.05, 3.63) is 0 Å². The molecule has 3 N–H and O–H groups in total. The second-order valence-electron chi connectivity index (χ2n) is 26.7. The Balaban J connectivity index is 0.688. The van der Waals surface area contributed by atoms with E-state index in [1.165, 1.54) is 0 Å². The molecule has 0 aromatic carbocycles. The van der Waals surface area contributed by atoms with Gasteiger partial charge in [0.2, 0.25) is 35.1 Å². The van der Waals surface area contributed by atoms with Crippen LogP contribution in [0.4, 0.5) is 0 Å². The zero-order chi connectivity index (χ0) is 52.5. The number of hydrogen-bond donors (Lipinski definition) is 3. The van der Waals surface area contributed by atoms with Gasteiger partial charge in [0.1, 0.15) is 6.04 Å². The lowest BCUT2D eigenvalue weighted by molar-refractivity contribution is -0.571. The summed E-state index contributed by atoms with van der Waals surface area (Å²) in [5, 5.41) is 9.31. The molecule has 12 heterocycles. The Hall–Kier alpha value is -2.07. The number of ether oxygens (including phenoxy) is 6.